The third-order valence-corrected chi connectivity index (χ3v) is 4.17. The maximum atomic E-state index is 13.0. The van der Waals surface area contributed by atoms with Gasteiger partial charge in [0.15, 0.2) is 13.1 Å². The monoisotopic (exact) mass is 425 g/mol. The van der Waals surface area contributed by atoms with E-state index in [4.69, 9.17) is 0 Å². The summed E-state index contributed by atoms with van der Waals surface area (Å²) in [5.41, 5.74) is -1.27. The number of halogens is 3. The molecule has 8 nitrogen and oxygen atoms in total. The number of hydrogen-bond acceptors (Lipinski definition) is 4. The predicted molar refractivity (Wildman–Crippen MR) is 103 cm³/mol. The van der Waals surface area contributed by atoms with Crippen LogP contribution in [0.4, 0.5) is 30.2 Å². The summed E-state index contributed by atoms with van der Waals surface area (Å²) < 4.78 is 39.1. The smallest absolute Gasteiger partial charge is 0.321 e. The molecule has 2 aromatic carbocycles. The van der Waals surface area contributed by atoms with Crippen LogP contribution in [0, 0.1) is 10.1 Å². The summed E-state index contributed by atoms with van der Waals surface area (Å²) >= 11 is 0. The van der Waals surface area contributed by atoms with Crippen LogP contribution in [-0.2, 0) is 15.8 Å². The predicted octanol–water partition coefficient (Wildman–Crippen LogP) is 2.10. The summed E-state index contributed by atoms with van der Waals surface area (Å²) in [5, 5.41) is 15.5. The summed E-state index contributed by atoms with van der Waals surface area (Å²) in [5.74, 6) is -1.16. The molecule has 2 aromatic rings. The van der Waals surface area contributed by atoms with E-state index >= 15 is 0 Å². The number of para-hydroxylation sites is 1. The fraction of sp³-hybridized carbons (Fsp3) is 0.263. The largest absolute Gasteiger partial charge is 0.418 e. The van der Waals surface area contributed by atoms with Gasteiger partial charge in [0.05, 0.1) is 22.7 Å². The number of benzene rings is 2. The van der Waals surface area contributed by atoms with Crippen molar-refractivity contribution in [3.63, 3.8) is 0 Å². The minimum absolute atomic E-state index is 0.145. The molecular weight excluding hydrogens is 405 g/mol. The van der Waals surface area contributed by atoms with E-state index in [0.717, 1.165) is 12.1 Å². The first-order valence-corrected chi connectivity index (χ1v) is 8.94. The Morgan fingerprint density at radius 1 is 1.03 bits per heavy atom. The summed E-state index contributed by atoms with van der Waals surface area (Å²) in [4.78, 5) is 35.1. The summed E-state index contributed by atoms with van der Waals surface area (Å²) in [6.45, 7) is 1.70. The number of nitro benzene ring substituents is 1. The first kappa shape index (κ1) is 22.8. The highest BCUT2D eigenvalue weighted by Gasteiger charge is 2.33. The second-order valence-electron chi connectivity index (χ2n) is 6.40. The zero-order valence-corrected chi connectivity index (χ0v) is 16.0. The Kier molecular flexibility index (Phi) is 7.48. The van der Waals surface area contributed by atoms with Crippen molar-refractivity contribution in [3.8, 4) is 0 Å². The Morgan fingerprint density at radius 2 is 1.67 bits per heavy atom. The van der Waals surface area contributed by atoms with Crippen LogP contribution in [0.1, 0.15) is 12.5 Å². The van der Waals surface area contributed by atoms with Crippen LogP contribution < -0.4 is 15.5 Å². The molecule has 0 spiro atoms. The van der Waals surface area contributed by atoms with Crippen molar-refractivity contribution >= 4 is 28.9 Å². The van der Waals surface area contributed by atoms with E-state index in [1.54, 1.807) is 6.92 Å². The molecule has 0 aliphatic heterocycles. The number of nitrogens with zero attached hydrogens (tertiary/aromatic N) is 1. The van der Waals surface area contributed by atoms with Crippen LogP contribution in [0.3, 0.4) is 0 Å². The van der Waals surface area contributed by atoms with E-state index in [1.165, 1.54) is 36.4 Å². The lowest BCUT2D eigenvalue weighted by Crippen LogP contribution is -3.13. The van der Waals surface area contributed by atoms with Crippen molar-refractivity contribution in [1.29, 1.82) is 0 Å². The van der Waals surface area contributed by atoms with E-state index in [9.17, 15) is 32.9 Å². The third kappa shape index (κ3) is 6.55. The number of amides is 2. The van der Waals surface area contributed by atoms with Crippen LogP contribution in [-0.4, -0.2) is 36.4 Å². The Bertz CT molecular complexity index is 934. The number of anilines is 2. The molecular formula is C19H20F3N4O4+. The fourth-order valence-corrected chi connectivity index (χ4v) is 2.70. The quantitative estimate of drug-likeness (QED) is 0.445. The summed E-state index contributed by atoms with van der Waals surface area (Å²) in [7, 11) is 0. The van der Waals surface area contributed by atoms with Crippen molar-refractivity contribution in [3.05, 3.63) is 64.2 Å². The zero-order chi connectivity index (χ0) is 22.3. The van der Waals surface area contributed by atoms with Gasteiger partial charge in [0.2, 0.25) is 0 Å². The molecule has 1 atom stereocenters. The molecule has 3 N–H and O–H groups in total. The zero-order valence-electron chi connectivity index (χ0n) is 16.0. The van der Waals surface area contributed by atoms with E-state index in [2.05, 4.69) is 10.6 Å². The minimum atomic E-state index is -4.61. The Morgan fingerprint density at radius 3 is 2.27 bits per heavy atom. The fourth-order valence-electron chi connectivity index (χ4n) is 2.70. The van der Waals surface area contributed by atoms with Crippen LogP contribution in [0.15, 0.2) is 48.5 Å². The molecule has 0 aliphatic carbocycles. The van der Waals surface area contributed by atoms with Gasteiger partial charge in [-0.1, -0.05) is 18.2 Å². The van der Waals surface area contributed by atoms with Gasteiger partial charge in [0, 0.05) is 17.8 Å². The van der Waals surface area contributed by atoms with Crippen LogP contribution in [0.5, 0.6) is 0 Å². The van der Waals surface area contributed by atoms with Crippen molar-refractivity contribution in [2.45, 2.75) is 13.1 Å². The van der Waals surface area contributed by atoms with Crippen LogP contribution in [0.2, 0.25) is 0 Å². The SMILES string of the molecule is CC[NH+](CC(=O)Nc1cccc([N+](=O)[O-])c1)CC(=O)Nc1ccccc1C(F)(F)F. The number of alkyl halides is 3. The highest BCUT2D eigenvalue weighted by molar-refractivity contribution is 5.93. The molecule has 0 aromatic heterocycles. The molecule has 1 unspecified atom stereocenters. The van der Waals surface area contributed by atoms with Gasteiger partial charge in [-0.05, 0) is 25.1 Å². The first-order valence-electron chi connectivity index (χ1n) is 8.94. The Labute approximate surface area is 169 Å². The second-order valence-corrected chi connectivity index (χ2v) is 6.40. The third-order valence-electron chi connectivity index (χ3n) is 4.17. The van der Waals surface area contributed by atoms with Gasteiger partial charge in [-0.3, -0.25) is 19.7 Å². The molecule has 30 heavy (non-hydrogen) atoms. The van der Waals surface area contributed by atoms with E-state index < -0.39 is 28.5 Å². The molecule has 0 saturated heterocycles. The Hall–Kier alpha value is -3.47. The number of rotatable bonds is 8. The van der Waals surface area contributed by atoms with Crippen LogP contribution >= 0.6 is 0 Å². The topological polar surface area (TPSA) is 106 Å². The molecule has 2 rings (SSSR count). The number of nitrogens with one attached hydrogen (secondary N) is 3. The maximum Gasteiger partial charge on any atom is 0.418 e. The van der Waals surface area contributed by atoms with Gasteiger partial charge in [-0.15, -0.1) is 0 Å². The van der Waals surface area contributed by atoms with Gasteiger partial charge in [-0.25, -0.2) is 0 Å². The number of non-ortho nitro benzene ring substituents is 1. The molecule has 0 aliphatic rings. The van der Waals surface area contributed by atoms with Gasteiger partial charge in [0.25, 0.3) is 17.5 Å². The lowest BCUT2D eigenvalue weighted by molar-refractivity contribution is -0.881. The van der Waals surface area contributed by atoms with Gasteiger partial charge < -0.3 is 15.5 Å². The van der Waals surface area contributed by atoms with Gasteiger partial charge in [0.1, 0.15) is 0 Å². The number of carbonyl (C=O) groups excluding carboxylic acids is 2. The van der Waals surface area contributed by atoms with Crippen molar-refractivity contribution in [2.75, 3.05) is 30.3 Å². The van der Waals surface area contributed by atoms with Crippen molar-refractivity contribution in [2.24, 2.45) is 0 Å². The first-order chi connectivity index (χ1) is 14.1. The number of likely N-dealkylation sites (N-methyl/N-ethyl adjacent to an activating group) is 1. The summed E-state index contributed by atoms with van der Waals surface area (Å²) in [6.07, 6.45) is -4.61. The molecule has 2 amide bonds. The Balaban J connectivity index is 1.97. The maximum absolute atomic E-state index is 13.0. The lowest BCUT2D eigenvalue weighted by atomic mass is 10.1. The van der Waals surface area contributed by atoms with Crippen LogP contribution in [0.25, 0.3) is 0 Å². The molecule has 0 radical (unpaired) electrons. The highest BCUT2D eigenvalue weighted by Crippen LogP contribution is 2.34. The molecule has 0 heterocycles. The van der Waals surface area contributed by atoms with E-state index in [-0.39, 0.29) is 30.2 Å². The molecule has 0 fully saturated rings. The lowest BCUT2D eigenvalue weighted by Gasteiger charge is -2.18. The molecule has 160 valence electrons. The van der Waals surface area contributed by atoms with Crippen molar-refractivity contribution < 1.29 is 32.6 Å². The van der Waals surface area contributed by atoms with Gasteiger partial charge in [-0.2, -0.15) is 13.2 Å². The summed E-state index contributed by atoms with van der Waals surface area (Å²) in [6, 6.07) is 10.0. The number of carbonyl (C=O) groups is 2. The number of nitro groups is 1. The van der Waals surface area contributed by atoms with Crippen molar-refractivity contribution in [1.82, 2.24) is 0 Å². The minimum Gasteiger partial charge on any atom is -0.321 e. The van der Waals surface area contributed by atoms with E-state index in [1.807, 2.05) is 0 Å². The second kappa shape index (κ2) is 9.83. The molecule has 11 heteroatoms. The van der Waals surface area contributed by atoms with Gasteiger partial charge >= 0.3 is 6.18 Å². The number of quaternary nitrogens is 1. The molecule has 0 saturated carbocycles. The highest BCUT2D eigenvalue weighted by atomic mass is 19.4. The number of hydrogen-bond donors (Lipinski definition) is 3. The average molecular weight is 425 g/mol. The normalized spacial score (nSPS) is 12.1. The van der Waals surface area contributed by atoms with E-state index in [0.29, 0.717) is 11.4 Å². The molecule has 0 bridgehead atoms. The standard InChI is InChI=1S/C19H19F3N4O4/c1-2-25(11-17(27)23-13-6-5-7-14(10-13)26(29)30)12-18(28)24-16-9-4-3-8-15(16)19(20,21)22/h3-10H,2,11-12H2,1H3,(H,23,27)(H,24,28)/p+1. The average Bonchev–Trinajstić information content (AvgIpc) is 2.67.